The zero-order chi connectivity index (χ0) is 16.0. The van der Waals surface area contributed by atoms with E-state index in [0.717, 1.165) is 36.0 Å². The lowest BCUT2D eigenvalue weighted by molar-refractivity contribution is 0.601. The van der Waals surface area contributed by atoms with E-state index in [2.05, 4.69) is 13.0 Å². The predicted molar refractivity (Wildman–Crippen MR) is 93.4 cm³/mol. The Labute approximate surface area is 133 Å². The first-order valence-electron chi connectivity index (χ1n) is 7.57. The van der Waals surface area contributed by atoms with Crippen LogP contribution in [0, 0.1) is 0 Å². The van der Waals surface area contributed by atoms with Crippen molar-refractivity contribution in [3.63, 3.8) is 0 Å². The molecule has 116 valence electrons. The van der Waals surface area contributed by atoms with E-state index < -0.39 is 9.84 Å². The summed E-state index contributed by atoms with van der Waals surface area (Å²) in [5.41, 5.74) is 2.99. The molecule has 0 aliphatic rings. The molecule has 2 aromatic carbocycles. The topological polar surface area (TPSA) is 34.1 Å². The van der Waals surface area contributed by atoms with Gasteiger partial charge in [0.05, 0.1) is 4.90 Å². The van der Waals surface area contributed by atoms with Gasteiger partial charge in [-0.3, -0.25) is 0 Å². The van der Waals surface area contributed by atoms with Crippen LogP contribution >= 0.6 is 0 Å². The smallest absolute Gasteiger partial charge is 0.176 e. The fraction of sp³-hybridized carbons (Fsp3) is 0.263. The van der Waals surface area contributed by atoms with Crippen molar-refractivity contribution in [1.82, 2.24) is 0 Å². The molecule has 0 aromatic heterocycles. The minimum atomic E-state index is -3.24. The van der Waals surface area contributed by atoms with Crippen LogP contribution in [0.2, 0.25) is 0 Å². The minimum absolute atomic E-state index is 0.410. The molecule has 0 saturated heterocycles. The molecule has 2 nitrogen and oxygen atoms in total. The van der Waals surface area contributed by atoms with E-state index in [0.29, 0.717) is 4.90 Å². The molecule has 22 heavy (non-hydrogen) atoms. The van der Waals surface area contributed by atoms with Gasteiger partial charge in [-0.2, -0.15) is 0 Å². The lowest BCUT2D eigenvalue weighted by Gasteiger charge is -2.12. The van der Waals surface area contributed by atoms with Gasteiger partial charge in [-0.1, -0.05) is 68.0 Å². The van der Waals surface area contributed by atoms with E-state index in [-0.39, 0.29) is 0 Å². The molecule has 0 saturated carbocycles. The van der Waals surface area contributed by atoms with Gasteiger partial charge in [0.15, 0.2) is 9.84 Å². The molecule has 0 aliphatic heterocycles. The van der Waals surface area contributed by atoms with Crippen molar-refractivity contribution in [3.05, 3.63) is 65.7 Å². The van der Waals surface area contributed by atoms with Gasteiger partial charge in [0.2, 0.25) is 0 Å². The molecule has 0 aliphatic carbocycles. The summed E-state index contributed by atoms with van der Waals surface area (Å²) < 4.78 is 24.1. The molecule has 0 fully saturated rings. The maximum Gasteiger partial charge on any atom is 0.176 e. The highest BCUT2D eigenvalue weighted by Gasteiger charge is 2.15. The lowest BCUT2D eigenvalue weighted by Crippen LogP contribution is -2.02. The Bertz CT molecular complexity index is 744. The van der Waals surface area contributed by atoms with Crippen molar-refractivity contribution in [2.45, 2.75) is 31.1 Å². The standard InChI is InChI=1S/C19H22O2S/c1-3-4-12-17(15-16-10-6-5-7-11-16)18-13-8-9-14-19(18)22(2,20)21/h5-11,13-15H,3-4,12H2,1-2H3/b17-15+. The molecule has 3 heteroatoms. The molecule has 0 spiro atoms. The van der Waals surface area contributed by atoms with E-state index >= 15 is 0 Å². The second-order valence-corrected chi connectivity index (χ2v) is 7.44. The zero-order valence-electron chi connectivity index (χ0n) is 13.1. The van der Waals surface area contributed by atoms with E-state index in [1.807, 2.05) is 42.5 Å². The quantitative estimate of drug-likeness (QED) is 0.716. The highest BCUT2D eigenvalue weighted by Crippen LogP contribution is 2.29. The Morgan fingerprint density at radius 3 is 2.27 bits per heavy atom. The fourth-order valence-electron chi connectivity index (χ4n) is 2.46. The Morgan fingerprint density at radius 1 is 1.00 bits per heavy atom. The van der Waals surface area contributed by atoms with Gasteiger partial charge in [-0.15, -0.1) is 0 Å². The summed E-state index contributed by atoms with van der Waals surface area (Å²) in [5, 5.41) is 0. The van der Waals surface area contributed by atoms with Crippen molar-refractivity contribution in [3.8, 4) is 0 Å². The average molecular weight is 314 g/mol. The third-order valence-corrected chi connectivity index (χ3v) is 4.73. The van der Waals surface area contributed by atoms with Crippen LogP contribution < -0.4 is 0 Å². The third-order valence-electron chi connectivity index (χ3n) is 3.57. The van der Waals surface area contributed by atoms with E-state index in [1.54, 1.807) is 12.1 Å². The molecule has 0 bridgehead atoms. The largest absolute Gasteiger partial charge is 0.224 e. The van der Waals surface area contributed by atoms with Crippen molar-refractivity contribution in [2.75, 3.05) is 6.26 Å². The number of unbranched alkanes of at least 4 members (excludes halogenated alkanes) is 1. The summed E-state index contributed by atoms with van der Waals surface area (Å²) in [6.45, 7) is 2.14. The third kappa shape index (κ3) is 4.31. The van der Waals surface area contributed by atoms with Gasteiger partial charge in [0.1, 0.15) is 0 Å². The van der Waals surface area contributed by atoms with Gasteiger partial charge in [-0.05, 0) is 35.6 Å². The molecule has 2 aromatic rings. The van der Waals surface area contributed by atoms with E-state index in [1.165, 1.54) is 6.26 Å². The van der Waals surface area contributed by atoms with E-state index in [9.17, 15) is 8.42 Å². The highest BCUT2D eigenvalue weighted by molar-refractivity contribution is 7.90. The fourth-order valence-corrected chi connectivity index (χ4v) is 3.38. The van der Waals surface area contributed by atoms with Crippen molar-refractivity contribution >= 4 is 21.5 Å². The summed E-state index contributed by atoms with van der Waals surface area (Å²) in [6.07, 6.45) is 6.35. The van der Waals surface area contributed by atoms with Gasteiger partial charge >= 0.3 is 0 Å². The Balaban J connectivity index is 2.54. The number of hydrogen-bond donors (Lipinski definition) is 0. The normalized spacial score (nSPS) is 12.4. The predicted octanol–water partition coefficient (Wildman–Crippen LogP) is 4.82. The Hall–Kier alpha value is -1.87. The average Bonchev–Trinajstić information content (AvgIpc) is 2.51. The molecular weight excluding hydrogens is 292 g/mol. The summed E-state index contributed by atoms with van der Waals surface area (Å²) in [5.74, 6) is 0. The molecular formula is C19H22O2S. The number of hydrogen-bond acceptors (Lipinski definition) is 2. The van der Waals surface area contributed by atoms with Crippen LogP contribution in [0.15, 0.2) is 59.5 Å². The van der Waals surface area contributed by atoms with Crippen LogP contribution in [0.4, 0.5) is 0 Å². The summed E-state index contributed by atoms with van der Waals surface area (Å²) in [7, 11) is -3.24. The number of sulfone groups is 1. The van der Waals surface area contributed by atoms with Crippen LogP contribution in [0.5, 0.6) is 0 Å². The summed E-state index contributed by atoms with van der Waals surface area (Å²) in [4.78, 5) is 0.410. The monoisotopic (exact) mass is 314 g/mol. The molecule has 0 unspecified atom stereocenters. The van der Waals surface area contributed by atoms with Crippen LogP contribution in [-0.2, 0) is 9.84 Å². The lowest BCUT2D eigenvalue weighted by atomic mass is 9.98. The van der Waals surface area contributed by atoms with Gasteiger partial charge in [0, 0.05) is 6.26 Å². The van der Waals surface area contributed by atoms with Gasteiger partial charge < -0.3 is 0 Å². The first kappa shape index (κ1) is 16.5. The molecule has 0 atom stereocenters. The highest BCUT2D eigenvalue weighted by atomic mass is 32.2. The van der Waals surface area contributed by atoms with Crippen LogP contribution in [0.25, 0.3) is 11.6 Å². The Kier molecular flexibility index (Phi) is 5.56. The minimum Gasteiger partial charge on any atom is -0.224 e. The van der Waals surface area contributed by atoms with E-state index in [4.69, 9.17) is 0 Å². The molecule has 0 radical (unpaired) electrons. The molecule has 0 amide bonds. The first-order chi connectivity index (χ1) is 10.5. The second kappa shape index (κ2) is 7.41. The van der Waals surface area contributed by atoms with Gasteiger partial charge in [0.25, 0.3) is 0 Å². The van der Waals surface area contributed by atoms with Crippen LogP contribution in [0.1, 0.15) is 37.3 Å². The number of benzene rings is 2. The zero-order valence-corrected chi connectivity index (χ0v) is 13.9. The molecule has 0 N–H and O–H groups in total. The number of allylic oxidation sites excluding steroid dienone is 1. The second-order valence-electron chi connectivity index (χ2n) is 5.45. The number of rotatable bonds is 6. The summed E-state index contributed by atoms with van der Waals surface area (Å²) in [6, 6.07) is 17.3. The van der Waals surface area contributed by atoms with Crippen molar-refractivity contribution in [2.24, 2.45) is 0 Å². The molecule has 0 heterocycles. The van der Waals surface area contributed by atoms with Crippen LogP contribution in [0.3, 0.4) is 0 Å². The first-order valence-corrected chi connectivity index (χ1v) is 9.46. The summed E-state index contributed by atoms with van der Waals surface area (Å²) >= 11 is 0. The maximum absolute atomic E-state index is 12.1. The van der Waals surface area contributed by atoms with Crippen LogP contribution in [-0.4, -0.2) is 14.7 Å². The maximum atomic E-state index is 12.1. The SMILES string of the molecule is CCCC/C(=C\c1ccccc1)c1ccccc1S(C)(=O)=O. The van der Waals surface area contributed by atoms with Crippen molar-refractivity contribution < 1.29 is 8.42 Å². The molecule has 2 rings (SSSR count). The van der Waals surface area contributed by atoms with Crippen molar-refractivity contribution in [1.29, 1.82) is 0 Å². The Morgan fingerprint density at radius 2 is 1.64 bits per heavy atom. The van der Waals surface area contributed by atoms with Gasteiger partial charge in [-0.25, -0.2) is 8.42 Å².